The van der Waals surface area contributed by atoms with E-state index in [9.17, 15) is 34.7 Å². The molecule has 0 atom stereocenters. The number of nitro groups is 1. The van der Waals surface area contributed by atoms with Crippen molar-refractivity contribution in [2.24, 2.45) is 0 Å². The molecular formula is C19H15N3O7. The Labute approximate surface area is 163 Å². The van der Waals surface area contributed by atoms with Crippen LogP contribution < -0.4 is 10.2 Å². The molecule has 10 heteroatoms. The smallest absolute Gasteiger partial charge is 0.335 e. The molecule has 148 valence electrons. The average molecular weight is 397 g/mol. The van der Waals surface area contributed by atoms with Crippen molar-refractivity contribution in [3.8, 4) is 11.5 Å². The second-order valence-corrected chi connectivity index (χ2v) is 6.38. The van der Waals surface area contributed by atoms with Gasteiger partial charge in [0.15, 0.2) is 5.75 Å². The molecule has 0 aromatic heterocycles. The van der Waals surface area contributed by atoms with Crippen molar-refractivity contribution in [1.29, 1.82) is 0 Å². The Hall–Kier alpha value is -4.21. The van der Waals surface area contributed by atoms with Crippen molar-refractivity contribution < 1.29 is 29.5 Å². The van der Waals surface area contributed by atoms with Crippen molar-refractivity contribution in [3.05, 3.63) is 62.7 Å². The van der Waals surface area contributed by atoms with Crippen LogP contribution in [-0.2, 0) is 9.59 Å². The number of carbonyl (C=O) groups is 3. The molecule has 2 aromatic carbocycles. The highest BCUT2D eigenvalue weighted by Gasteiger charge is 2.37. The maximum absolute atomic E-state index is 12.9. The number of phenols is 2. The van der Waals surface area contributed by atoms with E-state index >= 15 is 0 Å². The molecule has 4 amide bonds. The van der Waals surface area contributed by atoms with Gasteiger partial charge < -0.3 is 10.2 Å². The Kier molecular flexibility index (Phi) is 4.77. The van der Waals surface area contributed by atoms with E-state index in [1.54, 1.807) is 19.1 Å². The Morgan fingerprint density at radius 1 is 1.03 bits per heavy atom. The van der Waals surface area contributed by atoms with Crippen LogP contribution in [0.5, 0.6) is 11.5 Å². The third-order valence-electron chi connectivity index (χ3n) is 4.47. The molecule has 1 aliphatic heterocycles. The van der Waals surface area contributed by atoms with Crippen molar-refractivity contribution >= 4 is 35.3 Å². The van der Waals surface area contributed by atoms with Crippen LogP contribution in [0.4, 0.5) is 16.2 Å². The first-order valence-electron chi connectivity index (χ1n) is 8.29. The zero-order valence-electron chi connectivity index (χ0n) is 15.3. The van der Waals surface area contributed by atoms with Crippen molar-refractivity contribution in [1.82, 2.24) is 5.32 Å². The lowest BCUT2D eigenvalue weighted by Gasteiger charge is -2.26. The second-order valence-electron chi connectivity index (χ2n) is 6.38. The van der Waals surface area contributed by atoms with E-state index < -0.39 is 45.5 Å². The molecule has 1 saturated heterocycles. The van der Waals surface area contributed by atoms with Gasteiger partial charge in [0.25, 0.3) is 11.8 Å². The van der Waals surface area contributed by atoms with Gasteiger partial charge in [-0.25, -0.2) is 9.69 Å². The summed E-state index contributed by atoms with van der Waals surface area (Å²) in [6.45, 7) is 3.65. The highest BCUT2D eigenvalue weighted by Crippen LogP contribution is 2.34. The lowest BCUT2D eigenvalue weighted by atomic mass is 10.0. The molecule has 0 unspecified atom stereocenters. The quantitative estimate of drug-likeness (QED) is 0.311. The largest absolute Gasteiger partial charge is 0.507 e. The number of phenolic OH excluding ortho intramolecular Hbond substituents is 2. The number of hydrogen-bond acceptors (Lipinski definition) is 7. The van der Waals surface area contributed by atoms with Gasteiger partial charge in [0.05, 0.1) is 10.6 Å². The molecule has 1 aliphatic rings. The van der Waals surface area contributed by atoms with E-state index in [1.165, 1.54) is 6.07 Å². The summed E-state index contributed by atoms with van der Waals surface area (Å²) in [5.41, 5.74) is 0.500. The maximum atomic E-state index is 12.9. The van der Waals surface area contributed by atoms with E-state index in [0.29, 0.717) is 0 Å². The third-order valence-corrected chi connectivity index (χ3v) is 4.47. The zero-order valence-corrected chi connectivity index (χ0v) is 15.3. The first kappa shape index (κ1) is 19.5. The molecule has 10 nitrogen and oxygen atoms in total. The van der Waals surface area contributed by atoms with Crippen LogP contribution in [0.2, 0.25) is 0 Å². The summed E-state index contributed by atoms with van der Waals surface area (Å²) >= 11 is 0. The minimum Gasteiger partial charge on any atom is -0.507 e. The van der Waals surface area contributed by atoms with Crippen LogP contribution in [0.1, 0.15) is 16.7 Å². The van der Waals surface area contributed by atoms with Crippen LogP contribution >= 0.6 is 0 Å². The Morgan fingerprint density at radius 3 is 2.34 bits per heavy atom. The van der Waals surface area contributed by atoms with Crippen LogP contribution in [0.3, 0.4) is 0 Å². The number of barbiturate groups is 1. The second kappa shape index (κ2) is 7.08. The Bertz CT molecular complexity index is 1120. The van der Waals surface area contributed by atoms with E-state index in [1.807, 2.05) is 12.2 Å². The summed E-state index contributed by atoms with van der Waals surface area (Å²) in [7, 11) is 0. The standard InChI is InChI=1S/C19H15N3O7/c1-9-3-4-12(5-10(9)2)21-18(26)13(17(25)20-19(21)27)6-11-7-14(22(28)29)16(24)8-15(11)23/h3-8,23-24H,1-2H3,(H,20,25,27)/b13-6+. The van der Waals surface area contributed by atoms with E-state index in [2.05, 4.69) is 0 Å². The predicted octanol–water partition coefficient (Wildman–Crippen LogP) is 2.29. The number of urea groups is 1. The fourth-order valence-electron chi connectivity index (χ4n) is 2.76. The molecule has 0 saturated carbocycles. The van der Waals surface area contributed by atoms with Crippen LogP contribution in [-0.4, -0.2) is 33.0 Å². The number of nitrogens with one attached hydrogen (secondary N) is 1. The summed E-state index contributed by atoms with van der Waals surface area (Å²) in [6, 6.07) is 5.44. The van der Waals surface area contributed by atoms with Gasteiger partial charge in [0.1, 0.15) is 11.3 Å². The van der Waals surface area contributed by atoms with Crippen molar-refractivity contribution in [2.45, 2.75) is 13.8 Å². The first-order valence-corrected chi connectivity index (χ1v) is 8.29. The average Bonchev–Trinajstić information content (AvgIpc) is 2.62. The summed E-state index contributed by atoms with van der Waals surface area (Å²) in [5, 5.41) is 32.5. The summed E-state index contributed by atoms with van der Waals surface area (Å²) in [5.74, 6) is -3.34. The number of hydrogen-bond donors (Lipinski definition) is 3. The van der Waals surface area contributed by atoms with Gasteiger partial charge in [-0.1, -0.05) is 6.07 Å². The Morgan fingerprint density at radius 2 is 1.72 bits per heavy atom. The number of aryl methyl sites for hydroxylation is 2. The number of imide groups is 2. The summed E-state index contributed by atoms with van der Waals surface area (Å²) in [4.78, 5) is 48.2. The lowest BCUT2D eigenvalue weighted by molar-refractivity contribution is -0.385. The van der Waals surface area contributed by atoms with Gasteiger partial charge in [0.2, 0.25) is 0 Å². The molecular weight excluding hydrogens is 382 g/mol. The normalized spacial score (nSPS) is 15.6. The SMILES string of the molecule is Cc1ccc(N2C(=O)NC(=O)/C(=C\c3cc([N+](=O)[O-])c(O)cc3O)C2=O)cc1C. The monoisotopic (exact) mass is 397 g/mol. The number of nitrogens with zero attached hydrogens (tertiary/aromatic N) is 2. The summed E-state index contributed by atoms with van der Waals surface area (Å²) in [6.07, 6.45) is 0.917. The van der Waals surface area contributed by atoms with Gasteiger partial charge in [-0.15, -0.1) is 0 Å². The van der Waals surface area contributed by atoms with Gasteiger partial charge in [-0.2, -0.15) is 0 Å². The van der Waals surface area contributed by atoms with Gasteiger partial charge >= 0.3 is 11.7 Å². The highest BCUT2D eigenvalue weighted by atomic mass is 16.6. The number of rotatable bonds is 3. The topological polar surface area (TPSA) is 150 Å². The molecule has 0 bridgehead atoms. The van der Waals surface area contributed by atoms with E-state index in [0.717, 1.165) is 34.2 Å². The minimum atomic E-state index is -1.02. The van der Waals surface area contributed by atoms with E-state index in [-0.39, 0.29) is 11.3 Å². The summed E-state index contributed by atoms with van der Waals surface area (Å²) < 4.78 is 0. The zero-order chi connectivity index (χ0) is 21.5. The molecule has 0 spiro atoms. The number of nitro benzene ring substituents is 1. The van der Waals surface area contributed by atoms with Gasteiger partial charge in [-0.3, -0.25) is 25.0 Å². The third kappa shape index (κ3) is 3.50. The molecule has 0 aliphatic carbocycles. The molecule has 2 aromatic rings. The van der Waals surface area contributed by atoms with E-state index in [4.69, 9.17) is 0 Å². The molecule has 3 rings (SSSR count). The fourth-order valence-corrected chi connectivity index (χ4v) is 2.76. The van der Waals surface area contributed by atoms with Crippen molar-refractivity contribution in [3.63, 3.8) is 0 Å². The molecule has 29 heavy (non-hydrogen) atoms. The first-order chi connectivity index (χ1) is 13.6. The minimum absolute atomic E-state index is 0.231. The molecule has 1 fully saturated rings. The molecule has 1 heterocycles. The number of benzene rings is 2. The maximum Gasteiger partial charge on any atom is 0.335 e. The van der Waals surface area contributed by atoms with Gasteiger partial charge in [0, 0.05) is 17.7 Å². The van der Waals surface area contributed by atoms with Gasteiger partial charge in [-0.05, 0) is 43.2 Å². The van der Waals surface area contributed by atoms with Crippen molar-refractivity contribution in [2.75, 3.05) is 4.90 Å². The molecule has 3 N–H and O–H groups in total. The lowest BCUT2D eigenvalue weighted by Crippen LogP contribution is -2.54. The predicted molar refractivity (Wildman–Crippen MR) is 101 cm³/mol. The van der Waals surface area contributed by atoms with Crippen LogP contribution in [0.15, 0.2) is 35.9 Å². The number of carbonyl (C=O) groups excluding carboxylic acids is 3. The van der Waals surface area contributed by atoms with Crippen LogP contribution in [0, 0.1) is 24.0 Å². The Balaban J connectivity index is 2.09. The highest BCUT2D eigenvalue weighted by molar-refractivity contribution is 6.39. The van der Waals surface area contributed by atoms with Crippen LogP contribution in [0.25, 0.3) is 6.08 Å². The fraction of sp³-hybridized carbons (Fsp3) is 0.105. The number of anilines is 1. The molecule has 0 radical (unpaired) electrons. The number of aromatic hydroxyl groups is 2. The number of amides is 4.